The fourth-order valence-electron chi connectivity index (χ4n) is 4.41. The van der Waals surface area contributed by atoms with Gasteiger partial charge in [0, 0.05) is 38.7 Å². The van der Waals surface area contributed by atoms with Crippen LogP contribution in [-0.4, -0.2) is 79.4 Å². The van der Waals surface area contributed by atoms with Gasteiger partial charge in [-0.15, -0.1) is 0 Å². The molecule has 0 unspecified atom stereocenters. The summed E-state index contributed by atoms with van der Waals surface area (Å²) in [5.41, 5.74) is -1.71. The summed E-state index contributed by atoms with van der Waals surface area (Å²) in [6.07, 6.45) is 2.07. The Kier molecular flexibility index (Phi) is 4.24. The molecule has 3 heterocycles. The predicted molar refractivity (Wildman–Crippen MR) is 83.0 cm³/mol. The van der Waals surface area contributed by atoms with E-state index in [9.17, 15) is 14.0 Å². The molecule has 134 valence electrons. The number of amides is 2. The van der Waals surface area contributed by atoms with Crippen molar-refractivity contribution in [3.63, 3.8) is 0 Å². The lowest BCUT2D eigenvalue weighted by atomic mass is 9.78. The fourth-order valence-corrected chi connectivity index (χ4v) is 4.41. The summed E-state index contributed by atoms with van der Waals surface area (Å²) >= 11 is 0. The largest absolute Gasteiger partial charge is 0.378 e. The molecule has 0 aromatic heterocycles. The van der Waals surface area contributed by atoms with Gasteiger partial charge in [0.2, 0.25) is 5.91 Å². The van der Waals surface area contributed by atoms with Gasteiger partial charge in [-0.2, -0.15) is 0 Å². The number of rotatable bonds is 2. The van der Waals surface area contributed by atoms with Gasteiger partial charge in [0.05, 0.1) is 25.2 Å². The maximum atomic E-state index is 14.6. The van der Waals surface area contributed by atoms with Crippen LogP contribution in [0.25, 0.3) is 0 Å². The van der Waals surface area contributed by atoms with Gasteiger partial charge in [-0.3, -0.25) is 9.59 Å². The number of nitrogens with zero attached hydrogens (tertiary/aromatic N) is 2. The number of fused-ring (bicyclic) bond motifs is 1. The Labute approximate surface area is 141 Å². The molecule has 4 fully saturated rings. The molecule has 0 radical (unpaired) electrons. The lowest BCUT2D eigenvalue weighted by Crippen LogP contribution is -2.60. The molecule has 3 aliphatic heterocycles. The van der Waals surface area contributed by atoms with Crippen LogP contribution in [-0.2, 0) is 19.1 Å². The number of piperidine rings is 1. The Bertz CT molecular complexity index is 519. The van der Waals surface area contributed by atoms with Crippen molar-refractivity contribution in [1.82, 2.24) is 9.80 Å². The lowest BCUT2D eigenvalue weighted by molar-refractivity contribution is -0.160. The zero-order valence-corrected chi connectivity index (χ0v) is 13.9. The monoisotopic (exact) mass is 340 g/mol. The van der Waals surface area contributed by atoms with E-state index >= 15 is 0 Å². The van der Waals surface area contributed by atoms with E-state index in [1.54, 1.807) is 4.90 Å². The minimum absolute atomic E-state index is 0.0674. The summed E-state index contributed by atoms with van der Waals surface area (Å²) in [7, 11) is 0. The van der Waals surface area contributed by atoms with Crippen molar-refractivity contribution >= 4 is 11.8 Å². The summed E-state index contributed by atoms with van der Waals surface area (Å²) in [6.45, 7) is 3.65. The second kappa shape index (κ2) is 6.26. The van der Waals surface area contributed by atoms with Gasteiger partial charge < -0.3 is 19.3 Å². The fraction of sp³-hybridized carbons (Fsp3) is 0.882. The quantitative estimate of drug-likeness (QED) is 0.739. The highest BCUT2D eigenvalue weighted by Crippen LogP contribution is 2.41. The number of carbonyl (C=O) groups excluding carboxylic acids is 2. The molecule has 1 aliphatic carbocycles. The highest BCUT2D eigenvalue weighted by Gasteiger charge is 2.52. The van der Waals surface area contributed by atoms with Gasteiger partial charge in [0.25, 0.3) is 5.91 Å². The van der Waals surface area contributed by atoms with Crippen LogP contribution in [0.3, 0.4) is 0 Å². The van der Waals surface area contributed by atoms with Crippen molar-refractivity contribution in [1.29, 1.82) is 0 Å². The van der Waals surface area contributed by atoms with E-state index in [0.717, 1.165) is 12.8 Å². The highest BCUT2D eigenvalue weighted by molar-refractivity contribution is 5.87. The Morgan fingerprint density at radius 2 is 1.79 bits per heavy atom. The van der Waals surface area contributed by atoms with Crippen LogP contribution in [0.2, 0.25) is 0 Å². The molecule has 4 aliphatic rings. The molecule has 0 N–H and O–H groups in total. The molecular weight excluding hydrogens is 315 g/mol. The van der Waals surface area contributed by atoms with Gasteiger partial charge in [0.15, 0.2) is 5.67 Å². The molecule has 3 saturated heterocycles. The summed E-state index contributed by atoms with van der Waals surface area (Å²) < 4.78 is 25.6. The van der Waals surface area contributed by atoms with Crippen LogP contribution in [0, 0.1) is 11.8 Å². The number of ether oxygens (including phenoxy) is 2. The van der Waals surface area contributed by atoms with E-state index in [0.29, 0.717) is 58.8 Å². The first-order valence-electron chi connectivity index (χ1n) is 9.05. The van der Waals surface area contributed by atoms with Crippen LogP contribution < -0.4 is 0 Å². The SMILES string of the molecule is O=C([C@@H]1CN(C(=O)C2(F)CCC2)C[C@H]2OCC[C@H]21)N1CCOCC1. The van der Waals surface area contributed by atoms with Gasteiger partial charge in [-0.05, 0) is 25.7 Å². The minimum atomic E-state index is -1.71. The number of morpholine rings is 1. The number of carbonyl (C=O) groups is 2. The Morgan fingerprint density at radius 3 is 2.46 bits per heavy atom. The first kappa shape index (κ1) is 16.3. The number of likely N-dealkylation sites (tertiary alicyclic amines) is 1. The van der Waals surface area contributed by atoms with Gasteiger partial charge in [-0.1, -0.05) is 0 Å². The summed E-state index contributed by atoms with van der Waals surface area (Å²) in [5.74, 6) is -0.515. The lowest BCUT2D eigenvalue weighted by Gasteiger charge is -2.45. The third kappa shape index (κ3) is 2.71. The molecule has 0 bridgehead atoms. The van der Waals surface area contributed by atoms with E-state index in [-0.39, 0.29) is 23.8 Å². The number of halogens is 1. The molecule has 24 heavy (non-hydrogen) atoms. The molecule has 2 amide bonds. The third-order valence-corrected chi connectivity index (χ3v) is 6.05. The Balaban J connectivity index is 1.51. The average molecular weight is 340 g/mol. The first-order chi connectivity index (χ1) is 11.6. The molecular formula is C17H25FN2O4. The molecule has 0 aromatic rings. The first-order valence-corrected chi connectivity index (χ1v) is 9.05. The molecule has 3 atom stereocenters. The standard InChI is InChI=1S/C17H25FN2O4/c18-17(3-1-4-17)16(22)20-10-13(12-2-7-24-14(12)11-20)15(21)19-5-8-23-9-6-19/h12-14H,1-11H2/t12-,13+,14+/m0/s1. The average Bonchev–Trinajstić information content (AvgIpc) is 3.06. The van der Waals surface area contributed by atoms with Crippen LogP contribution >= 0.6 is 0 Å². The third-order valence-electron chi connectivity index (χ3n) is 6.05. The number of alkyl halides is 1. The molecule has 6 nitrogen and oxygen atoms in total. The molecule has 1 saturated carbocycles. The van der Waals surface area contributed by atoms with E-state index < -0.39 is 11.6 Å². The van der Waals surface area contributed by atoms with E-state index in [1.165, 1.54) is 0 Å². The Morgan fingerprint density at radius 1 is 1.04 bits per heavy atom. The van der Waals surface area contributed by atoms with Crippen molar-refractivity contribution in [3.05, 3.63) is 0 Å². The van der Waals surface area contributed by atoms with Crippen molar-refractivity contribution in [3.8, 4) is 0 Å². The van der Waals surface area contributed by atoms with Gasteiger partial charge in [0.1, 0.15) is 0 Å². The van der Waals surface area contributed by atoms with Crippen molar-refractivity contribution < 1.29 is 23.5 Å². The zero-order chi connectivity index (χ0) is 16.7. The zero-order valence-electron chi connectivity index (χ0n) is 13.9. The summed E-state index contributed by atoms with van der Waals surface area (Å²) in [5, 5.41) is 0. The second-order valence-corrected chi connectivity index (χ2v) is 7.43. The predicted octanol–water partition coefficient (Wildman–Crippen LogP) is 0.601. The molecule has 0 spiro atoms. The van der Waals surface area contributed by atoms with Crippen molar-refractivity contribution in [2.45, 2.75) is 37.5 Å². The number of hydrogen-bond donors (Lipinski definition) is 0. The van der Waals surface area contributed by atoms with E-state index in [4.69, 9.17) is 9.47 Å². The highest BCUT2D eigenvalue weighted by atomic mass is 19.1. The van der Waals surface area contributed by atoms with Crippen LogP contribution in [0.5, 0.6) is 0 Å². The minimum Gasteiger partial charge on any atom is -0.378 e. The molecule has 7 heteroatoms. The normalized spacial score (nSPS) is 35.3. The number of hydrogen-bond acceptors (Lipinski definition) is 4. The van der Waals surface area contributed by atoms with Gasteiger partial charge >= 0.3 is 0 Å². The Hall–Kier alpha value is -1.21. The van der Waals surface area contributed by atoms with Crippen LogP contribution in [0.15, 0.2) is 0 Å². The van der Waals surface area contributed by atoms with Crippen LogP contribution in [0.1, 0.15) is 25.7 Å². The molecule has 4 rings (SSSR count). The van der Waals surface area contributed by atoms with Crippen molar-refractivity contribution in [2.24, 2.45) is 11.8 Å². The maximum absolute atomic E-state index is 14.6. The van der Waals surface area contributed by atoms with E-state index in [1.807, 2.05) is 4.90 Å². The van der Waals surface area contributed by atoms with Crippen molar-refractivity contribution in [2.75, 3.05) is 46.0 Å². The van der Waals surface area contributed by atoms with Crippen LogP contribution in [0.4, 0.5) is 4.39 Å². The molecule has 0 aromatic carbocycles. The maximum Gasteiger partial charge on any atom is 0.260 e. The second-order valence-electron chi connectivity index (χ2n) is 7.43. The van der Waals surface area contributed by atoms with Gasteiger partial charge in [-0.25, -0.2) is 4.39 Å². The summed E-state index contributed by atoms with van der Waals surface area (Å²) in [4.78, 5) is 28.9. The topological polar surface area (TPSA) is 59.1 Å². The summed E-state index contributed by atoms with van der Waals surface area (Å²) in [6, 6.07) is 0. The smallest absolute Gasteiger partial charge is 0.260 e. The van der Waals surface area contributed by atoms with E-state index in [2.05, 4.69) is 0 Å².